The molecule has 0 bridgehead atoms. The zero-order chi connectivity index (χ0) is 16.4. The largest absolute Gasteiger partial charge is 0.286 e. The van der Waals surface area contributed by atoms with Crippen molar-refractivity contribution in [3.63, 3.8) is 0 Å². The number of thioether (sulfide) groups is 1. The highest BCUT2D eigenvalue weighted by Gasteiger charge is 2.14. The zero-order valence-electron chi connectivity index (χ0n) is 13.0. The van der Waals surface area contributed by atoms with Crippen molar-refractivity contribution >= 4 is 33.3 Å². The smallest absolute Gasteiger partial charge is 0.272 e. The molecule has 0 spiro atoms. The molecule has 2 aromatic heterocycles. The molecule has 0 radical (unpaired) electrons. The molecule has 3 rings (SSSR count). The molecule has 6 heteroatoms. The Morgan fingerprint density at radius 1 is 1.30 bits per heavy atom. The highest BCUT2D eigenvalue weighted by molar-refractivity contribution is 7.98. The molecular weight excluding hydrogens is 331 g/mol. The minimum atomic E-state index is -0.227. The molecule has 2 heterocycles. The van der Waals surface area contributed by atoms with Gasteiger partial charge in [0.25, 0.3) is 5.56 Å². The summed E-state index contributed by atoms with van der Waals surface area (Å²) < 4.78 is 16.2. The highest BCUT2D eigenvalue weighted by Crippen LogP contribution is 2.25. The number of nitrogens with zero attached hydrogens (tertiary/aromatic N) is 2. The van der Waals surface area contributed by atoms with Crippen LogP contribution in [0.15, 0.2) is 45.7 Å². The van der Waals surface area contributed by atoms with Crippen molar-refractivity contribution in [1.29, 1.82) is 0 Å². The minimum Gasteiger partial charge on any atom is -0.286 e. The fraction of sp³-hybridized carbons (Fsp3) is 0.294. The van der Waals surface area contributed by atoms with Crippen LogP contribution >= 0.6 is 23.1 Å². The highest BCUT2D eigenvalue weighted by atomic mass is 32.2. The van der Waals surface area contributed by atoms with Crippen LogP contribution < -0.4 is 5.56 Å². The molecule has 0 atom stereocenters. The second-order valence-corrected chi connectivity index (χ2v) is 7.58. The van der Waals surface area contributed by atoms with E-state index in [1.54, 1.807) is 16.7 Å². The molecule has 0 fully saturated rings. The quantitative estimate of drug-likeness (QED) is 0.501. The second-order valence-electron chi connectivity index (χ2n) is 5.72. The van der Waals surface area contributed by atoms with Gasteiger partial charge in [-0.15, -0.1) is 11.3 Å². The van der Waals surface area contributed by atoms with Gasteiger partial charge in [0.05, 0.1) is 5.52 Å². The van der Waals surface area contributed by atoms with Gasteiger partial charge in [0, 0.05) is 12.3 Å². The van der Waals surface area contributed by atoms with Crippen LogP contribution in [-0.2, 0) is 12.3 Å². The van der Waals surface area contributed by atoms with Crippen LogP contribution in [0.4, 0.5) is 4.39 Å². The molecule has 23 heavy (non-hydrogen) atoms. The van der Waals surface area contributed by atoms with Crippen molar-refractivity contribution in [2.24, 2.45) is 5.92 Å². The lowest BCUT2D eigenvalue weighted by Gasteiger charge is -2.14. The fourth-order valence-electron chi connectivity index (χ4n) is 2.32. The number of rotatable bonds is 5. The van der Waals surface area contributed by atoms with Crippen LogP contribution in [-0.4, -0.2) is 9.55 Å². The van der Waals surface area contributed by atoms with E-state index >= 15 is 0 Å². The second kappa shape index (κ2) is 6.84. The number of fused-ring (bicyclic) bond motifs is 1. The maximum atomic E-state index is 13.8. The maximum absolute atomic E-state index is 13.8. The Hall–Kier alpha value is -1.66. The molecule has 1 aromatic carbocycles. The SMILES string of the molecule is CC(C)Cn1c(SCc2ccccc2F)nc2ccsc2c1=O. The molecule has 0 aliphatic carbocycles. The maximum Gasteiger partial charge on any atom is 0.272 e. The summed E-state index contributed by atoms with van der Waals surface area (Å²) in [5.41, 5.74) is 1.33. The van der Waals surface area contributed by atoms with E-state index in [1.165, 1.54) is 29.2 Å². The van der Waals surface area contributed by atoms with Gasteiger partial charge in [0.15, 0.2) is 5.16 Å². The Kier molecular flexibility index (Phi) is 4.82. The van der Waals surface area contributed by atoms with Crippen molar-refractivity contribution in [1.82, 2.24) is 9.55 Å². The number of hydrogen-bond acceptors (Lipinski definition) is 4. The third kappa shape index (κ3) is 3.48. The van der Waals surface area contributed by atoms with Crippen molar-refractivity contribution < 1.29 is 4.39 Å². The molecule has 0 saturated heterocycles. The van der Waals surface area contributed by atoms with Gasteiger partial charge in [0.2, 0.25) is 0 Å². The third-order valence-corrected chi connectivity index (χ3v) is 5.31. The first kappa shape index (κ1) is 16.2. The van der Waals surface area contributed by atoms with Gasteiger partial charge in [-0.1, -0.05) is 43.8 Å². The van der Waals surface area contributed by atoms with Crippen LogP contribution in [0.25, 0.3) is 10.2 Å². The molecule has 3 nitrogen and oxygen atoms in total. The van der Waals surface area contributed by atoms with Gasteiger partial charge >= 0.3 is 0 Å². The zero-order valence-corrected chi connectivity index (χ0v) is 14.6. The monoisotopic (exact) mass is 348 g/mol. The summed E-state index contributed by atoms with van der Waals surface area (Å²) in [7, 11) is 0. The Labute approximate surface area is 142 Å². The molecule has 0 aliphatic heterocycles. The summed E-state index contributed by atoms with van der Waals surface area (Å²) in [4.78, 5) is 17.3. The summed E-state index contributed by atoms with van der Waals surface area (Å²) in [6.07, 6.45) is 0. The van der Waals surface area contributed by atoms with Crippen LogP contribution in [0, 0.1) is 11.7 Å². The summed E-state index contributed by atoms with van der Waals surface area (Å²) in [5.74, 6) is 0.557. The minimum absolute atomic E-state index is 0.00488. The average Bonchev–Trinajstić information content (AvgIpc) is 2.98. The van der Waals surface area contributed by atoms with E-state index < -0.39 is 0 Å². The lowest BCUT2D eigenvalue weighted by molar-refractivity contribution is 0.475. The Balaban J connectivity index is 1.98. The molecule has 0 unspecified atom stereocenters. The molecule has 0 saturated carbocycles. The first-order valence-electron chi connectivity index (χ1n) is 7.40. The van der Waals surface area contributed by atoms with Gasteiger partial charge in [0.1, 0.15) is 10.5 Å². The van der Waals surface area contributed by atoms with Crippen molar-refractivity contribution in [2.45, 2.75) is 31.3 Å². The number of hydrogen-bond donors (Lipinski definition) is 0. The molecule has 120 valence electrons. The van der Waals surface area contributed by atoms with Crippen molar-refractivity contribution in [2.75, 3.05) is 0 Å². The Morgan fingerprint density at radius 2 is 2.09 bits per heavy atom. The molecule has 0 N–H and O–H groups in total. The van der Waals surface area contributed by atoms with E-state index in [0.29, 0.717) is 33.6 Å². The summed E-state index contributed by atoms with van der Waals surface area (Å²) in [6, 6.07) is 8.56. The first-order chi connectivity index (χ1) is 11.1. The number of benzene rings is 1. The lowest BCUT2D eigenvalue weighted by atomic mass is 10.2. The molecule has 3 aromatic rings. The Morgan fingerprint density at radius 3 is 2.83 bits per heavy atom. The van der Waals surface area contributed by atoms with Gasteiger partial charge < -0.3 is 0 Å². The van der Waals surface area contributed by atoms with E-state index in [-0.39, 0.29) is 11.4 Å². The molecular formula is C17H17FN2OS2. The van der Waals surface area contributed by atoms with Crippen molar-refractivity contribution in [3.8, 4) is 0 Å². The Bertz CT molecular complexity index is 886. The lowest BCUT2D eigenvalue weighted by Crippen LogP contribution is -2.24. The van der Waals surface area contributed by atoms with Crippen LogP contribution in [0.2, 0.25) is 0 Å². The summed E-state index contributed by atoms with van der Waals surface area (Å²) in [5, 5.41) is 2.53. The number of thiophene rings is 1. The van der Waals surface area contributed by atoms with E-state index in [1.807, 2.05) is 17.5 Å². The van der Waals surface area contributed by atoms with Gasteiger partial charge in [-0.2, -0.15) is 0 Å². The number of halogens is 1. The van der Waals surface area contributed by atoms with E-state index in [0.717, 1.165) is 5.52 Å². The summed E-state index contributed by atoms with van der Waals surface area (Å²) >= 11 is 2.82. The number of aromatic nitrogens is 2. The van der Waals surface area contributed by atoms with Crippen molar-refractivity contribution in [3.05, 3.63) is 57.4 Å². The molecule has 0 amide bonds. The average molecular weight is 348 g/mol. The van der Waals surface area contributed by atoms with E-state index in [9.17, 15) is 9.18 Å². The third-order valence-electron chi connectivity index (χ3n) is 3.39. The van der Waals surface area contributed by atoms with Gasteiger partial charge in [-0.05, 0) is 29.0 Å². The summed E-state index contributed by atoms with van der Waals surface area (Å²) in [6.45, 7) is 4.74. The normalized spacial score (nSPS) is 11.5. The standard InChI is InChI=1S/C17H17FN2OS2/c1-11(2)9-20-16(21)15-14(7-8-22-15)19-17(20)23-10-12-5-3-4-6-13(12)18/h3-8,11H,9-10H2,1-2H3. The van der Waals surface area contributed by atoms with Gasteiger partial charge in [-0.3, -0.25) is 9.36 Å². The predicted molar refractivity (Wildman–Crippen MR) is 94.7 cm³/mol. The van der Waals surface area contributed by atoms with Crippen LogP contribution in [0.1, 0.15) is 19.4 Å². The predicted octanol–water partition coefficient (Wildman–Crippen LogP) is 4.55. The molecule has 0 aliphatic rings. The van der Waals surface area contributed by atoms with E-state index in [4.69, 9.17) is 0 Å². The van der Waals surface area contributed by atoms with Crippen LogP contribution in [0.5, 0.6) is 0 Å². The fourth-order valence-corrected chi connectivity index (χ4v) is 4.09. The van der Waals surface area contributed by atoms with E-state index in [2.05, 4.69) is 18.8 Å². The first-order valence-corrected chi connectivity index (χ1v) is 9.27. The van der Waals surface area contributed by atoms with Crippen LogP contribution in [0.3, 0.4) is 0 Å². The topological polar surface area (TPSA) is 34.9 Å². The van der Waals surface area contributed by atoms with Gasteiger partial charge in [-0.25, -0.2) is 9.37 Å².